The van der Waals surface area contributed by atoms with Gasteiger partial charge in [-0.2, -0.15) is 5.10 Å². The Morgan fingerprint density at radius 3 is 2.75 bits per heavy atom. The number of nitrogens with zero attached hydrogens (tertiary/aromatic N) is 2. The number of rotatable bonds is 6. The zero-order valence-electron chi connectivity index (χ0n) is 11.1. The Bertz CT molecular complexity index is 559. The molecule has 1 unspecified atom stereocenters. The highest BCUT2D eigenvalue weighted by atomic mass is 79.9. The van der Waals surface area contributed by atoms with Crippen LogP contribution in [0.5, 0.6) is 0 Å². The van der Waals surface area contributed by atoms with Gasteiger partial charge < -0.3 is 5.11 Å². The quantitative estimate of drug-likeness (QED) is 0.792. The first-order valence-electron chi connectivity index (χ1n) is 6.39. The monoisotopic (exact) mass is 358 g/mol. The van der Waals surface area contributed by atoms with E-state index in [2.05, 4.69) is 28.0 Å². The summed E-state index contributed by atoms with van der Waals surface area (Å²) in [5.74, 6) is 0.248. The van der Waals surface area contributed by atoms with Crippen molar-refractivity contribution in [2.45, 2.75) is 30.9 Å². The van der Waals surface area contributed by atoms with E-state index in [1.54, 1.807) is 18.3 Å². The minimum absolute atomic E-state index is 0.251. The molecule has 0 aliphatic heterocycles. The molecule has 1 aromatic carbocycles. The molecule has 0 amide bonds. The standard InChI is InChI=1S/C14H16BrFN2OS/c1-2-7-18-14(12(15)8-17-18)13(19)9-20-11-5-3-10(16)4-6-11/h3-6,8,13,19H,2,7,9H2,1H3. The lowest BCUT2D eigenvalue weighted by atomic mass is 10.3. The lowest BCUT2D eigenvalue weighted by molar-refractivity contribution is 0.190. The maximum atomic E-state index is 12.8. The van der Waals surface area contributed by atoms with Crippen molar-refractivity contribution in [2.75, 3.05) is 5.75 Å². The number of aromatic nitrogens is 2. The van der Waals surface area contributed by atoms with Gasteiger partial charge in [0.05, 0.1) is 16.4 Å². The van der Waals surface area contributed by atoms with E-state index in [9.17, 15) is 9.50 Å². The average molecular weight is 359 g/mol. The fourth-order valence-corrected chi connectivity index (χ4v) is 3.28. The molecule has 0 saturated heterocycles. The second-order valence-corrected chi connectivity index (χ2v) is 6.33. The van der Waals surface area contributed by atoms with Gasteiger partial charge in [0.25, 0.3) is 0 Å². The van der Waals surface area contributed by atoms with Crippen LogP contribution in [-0.4, -0.2) is 20.6 Å². The summed E-state index contributed by atoms with van der Waals surface area (Å²) in [5.41, 5.74) is 0.793. The summed E-state index contributed by atoms with van der Waals surface area (Å²) in [6.45, 7) is 2.85. The number of hydrogen-bond donors (Lipinski definition) is 1. The Morgan fingerprint density at radius 1 is 1.40 bits per heavy atom. The summed E-state index contributed by atoms with van der Waals surface area (Å²) in [6.07, 6.45) is 2.05. The summed E-state index contributed by atoms with van der Waals surface area (Å²) in [4.78, 5) is 0.933. The van der Waals surface area contributed by atoms with E-state index in [0.717, 1.165) is 28.0 Å². The number of aliphatic hydroxyl groups is 1. The number of aryl methyl sites for hydroxylation is 1. The molecule has 0 aliphatic rings. The number of aliphatic hydroxyl groups excluding tert-OH is 1. The van der Waals surface area contributed by atoms with Gasteiger partial charge in [-0.15, -0.1) is 11.8 Å². The fourth-order valence-electron chi connectivity index (χ4n) is 1.88. The van der Waals surface area contributed by atoms with Gasteiger partial charge in [0.15, 0.2) is 0 Å². The average Bonchev–Trinajstić information content (AvgIpc) is 2.79. The van der Waals surface area contributed by atoms with Gasteiger partial charge in [-0.3, -0.25) is 4.68 Å². The molecule has 2 aromatic rings. The molecule has 20 heavy (non-hydrogen) atoms. The summed E-state index contributed by atoms with van der Waals surface area (Å²) < 4.78 is 15.5. The summed E-state index contributed by atoms with van der Waals surface area (Å²) in [7, 11) is 0. The summed E-state index contributed by atoms with van der Waals surface area (Å²) in [6, 6.07) is 6.27. The highest BCUT2D eigenvalue weighted by Crippen LogP contribution is 2.29. The molecule has 3 nitrogen and oxygen atoms in total. The zero-order valence-corrected chi connectivity index (χ0v) is 13.5. The first-order chi connectivity index (χ1) is 9.61. The highest BCUT2D eigenvalue weighted by Gasteiger charge is 2.17. The van der Waals surface area contributed by atoms with E-state index in [0.29, 0.717) is 5.75 Å². The number of thioether (sulfide) groups is 1. The van der Waals surface area contributed by atoms with Crippen LogP contribution in [0.25, 0.3) is 0 Å². The first-order valence-corrected chi connectivity index (χ1v) is 8.17. The second-order valence-electron chi connectivity index (χ2n) is 4.38. The topological polar surface area (TPSA) is 38.0 Å². The highest BCUT2D eigenvalue weighted by molar-refractivity contribution is 9.10. The van der Waals surface area contributed by atoms with Crippen LogP contribution in [0.4, 0.5) is 4.39 Å². The molecule has 1 aromatic heterocycles. The van der Waals surface area contributed by atoms with E-state index in [1.807, 2.05) is 4.68 Å². The molecule has 0 fully saturated rings. The molecule has 0 saturated carbocycles. The third-order valence-electron chi connectivity index (χ3n) is 2.81. The molecule has 0 bridgehead atoms. The van der Waals surface area contributed by atoms with Crippen molar-refractivity contribution in [1.29, 1.82) is 0 Å². The number of hydrogen-bond acceptors (Lipinski definition) is 3. The molecule has 1 N–H and O–H groups in total. The van der Waals surface area contributed by atoms with Crippen LogP contribution in [0.1, 0.15) is 25.1 Å². The van der Waals surface area contributed by atoms with Crippen molar-refractivity contribution >= 4 is 27.7 Å². The van der Waals surface area contributed by atoms with Gasteiger partial charge >= 0.3 is 0 Å². The largest absolute Gasteiger partial charge is 0.386 e. The summed E-state index contributed by atoms with van der Waals surface area (Å²) >= 11 is 4.91. The fraction of sp³-hybridized carbons (Fsp3) is 0.357. The van der Waals surface area contributed by atoms with Crippen molar-refractivity contribution in [3.05, 3.63) is 46.4 Å². The van der Waals surface area contributed by atoms with Crippen LogP contribution in [0.15, 0.2) is 39.8 Å². The Labute approximate surface area is 130 Å². The summed E-state index contributed by atoms with van der Waals surface area (Å²) in [5, 5.41) is 14.6. The third kappa shape index (κ3) is 3.84. The van der Waals surface area contributed by atoms with Crippen molar-refractivity contribution in [3.63, 3.8) is 0 Å². The van der Waals surface area contributed by atoms with Crippen molar-refractivity contribution in [1.82, 2.24) is 9.78 Å². The maximum absolute atomic E-state index is 12.8. The molecule has 108 valence electrons. The molecule has 1 atom stereocenters. The van der Waals surface area contributed by atoms with Gasteiger partial charge in [0.1, 0.15) is 11.9 Å². The predicted molar refractivity (Wildman–Crippen MR) is 82.3 cm³/mol. The molecular weight excluding hydrogens is 343 g/mol. The van der Waals surface area contributed by atoms with Gasteiger partial charge in [-0.1, -0.05) is 6.92 Å². The molecule has 6 heteroatoms. The van der Waals surface area contributed by atoms with E-state index in [-0.39, 0.29) is 5.82 Å². The van der Waals surface area contributed by atoms with E-state index >= 15 is 0 Å². The van der Waals surface area contributed by atoms with Crippen LogP contribution in [0.3, 0.4) is 0 Å². The van der Waals surface area contributed by atoms with E-state index in [1.165, 1.54) is 23.9 Å². The minimum Gasteiger partial charge on any atom is -0.386 e. The van der Waals surface area contributed by atoms with Crippen LogP contribution >= 0.6 is 27.7 Å². The van der Waals surface area contributed by atoms with Crippen LogP contribution in [0.2, 0.25) is 0 Å². The molecule has 1 heterocycles. The molecule has 0 spiro atoms. The maximum Gasteiger partial charge on any atom is 0.123 e. The van der Waals surface area contributed by atoms with Crippen molar-refractivity contribution < 1.29 is 9.50 Å². The predicted octanol–water partition coefficient (Wildman–Crippen LogP) is 4.02. The van der Waals surface area contributed by atoms with E-state index < -0.39 is 6.10 Å². The minimum atomic E-state index is -0.617. The molecule has 0 aliphatic carbocycles. The molecule has 2 rings (SSSR count). The van der Waals surface area contributed by atoms with Crippen LogP contribution in [-0.2, 0) is 6.54 Å². The smallest absolute Gasteiger partial charge is 0.123 e. The molecule has 0 radical (unpaired) electrons. The third-order valence-corrected chi connectivity index (χ3v) is 4.50. The molecular formula is C14H16BrFN2OS. The van der Waals surface area contributed by atoms with E-state index in [4.69, 9.17) is 0 Å². The van der Waals surface area contributed by atoms with Gasteiger partial charge in [-0.25, -0.2) is 4.39 Å². The van der Waals surface area contributed by atoms with Crippen LogP contribution < -0.4 is 0 Å². The van der Waals surface area contributed by atoms with Gasteiger partial charge in [0, 0.05) is 17.2 Å². The Kier molecular flexibility index (Phi) is 5.63. The van der Waals surface area contributed by atoms with Gasteiger partial charge in [-0.05, 0) is 46.6 Å². The Balaban J connectivity index is 2.02. The SMILES string of the molecule is CCCn1ncc(Br)c1C(O)CSc1ccc(F)cc1. The number of halogens is 2. The zero-order chi connectivity index (χ0) is 14.5. The Morgan fingerprint density at radius 2 is 2.10 bits per heavy atom. The van der Waals surface area contributed by atoms with Crippen molar-refractivity contribution in [3.8, 4) is 0 Å². The Hall–Kier alpha value is -0.850. The van der Waals surface area contributed by atoms with Crippen LogP contribution in [0, 0.1) is 5.82 Å². The van der Waals surface area contributed by atoms with Gasteiger partial charge in [0.2, 0.25) is 0 Å². The second kappa shape index (κ2) is 7.24. The van der Waals surface area contributed by atoms with Crippen molar-refractivity contribution in [2.24, 2.45) is 0 Å². The first kappa shape index (κ1) is 15.5. The lowest BCUT2D eigenvalue weighted by Crippen LogP contribution is -2.11. The lowest BCUT2D eigenvalue weighted by Gasteiger charge is -2.13. The number of benzene rings is 1. The normalized spacial score (nSPS) is 12.6.